The molecule has 1 saturated heterocycles. The van der Waals surface area contributed by atoms with Crippen LogP contribution in [0.2, 0.25) is 0 Å². The normalized spacial score (nSPS) is 32.6. The van der Waals surface area contributed by atoms with Crippen LogP contribution >= 0.6 is 0 Å². The topological polar surface area (TPSA) is 57.6 Å². The molecular weight excluding hydrogens is 290 g/mol. The number of rotatable bonds is 3. The summed E-state index contributed by atoms with van der Waals surface area (Å²) in [6.07, 6.45) is 6.04. The van der Waals surface area contributed by atoms with Gasteiger partial charge in [-0.25, -0.2) is 0 Å². The number of hydrogen-bond donors (Lipinski definition) is 1. The number of likely N-dealkylation sites (tertiary alicyclic amines) is 1. The Bertz CT molecular complexity index is 432. The lowest BCUT2D eigenvalue weighted by Crippen LogP contribution is -2.45. The highest BCUT2D eigenvalue weighted by Gasteiger charge is 2.35. The van der Waals surface area contributed by atoms with Crippen LogP contribution in [0.4, 0.5) is 0 Å². The Morgan fingerprint density at radius 1 is 1.09 bits per heavy atom. The van der Waals surface area contributed by atoms with Crippen LogP contribution in [0.1, 0.15) is 66.2 Å². The molecule has 1 amide bonds. The van der Waals surface area contributed by atoms with E-state index in [0.29, 0.717) is 37.3 Å². The Labute approximate surface area is 140 Å². The van der Waals surface area contributed by atoms with E-state index in [1.165, 1.54) is 12.8 Å². The lowest BCUT2D eigenvalue weighted by atomic mass is 9.69. The molecule has 0 aromatic heterocycles. The van der Waals surface area contributed by atoms with E-state index in [4.69, 9.17) is 0 Å². The van der Waals surface area contributed by atoms with Crippen molar-refractivity contribution in [2.75, 3.05) is 13.1 Å². The molecule has 23 heavy (non-hydrogen) atoms. The zero-order valence-electron chi connectivity index (χ0n) is 15.2. The van der Waals surface area contributed by atoms with Crippen LogP contribution < -0.4 is 0 Å². The number of aliphatic carboxylic acids is 1. The average molecular weight is 323 g/mol. The lowest BCUT2D eigenvalue weighted by Gasteiger charge is -2.38. The van der Waals surface area contributed by atoms with Crippen LogP contribution in [0.25, 0.3) is 0 Å². The molecule has 4 heteroatoms. The molecule has 1 saturated carbocycles. The van der Waals surface area contributed by atoms with Gasteiger partial charge in [-0.15, -0.1) is 0 Å². The van der Waals surface area contributed by atoms with Crippen molar-refractivity contribution in [1.29, 1.82) is 0 Å². The summed E-state index contributed by atoms with van der Waals surface area (Å²) >= 11 is 0. The molecule has 1 N–H and O–H groups in total. The molecule has 0 spiro atoms. The van der Waals surface area contributed by atoms with Gasteiger partial charge in [0.25, 0.3) is 0 Å². The van der Waals surface area contributed by atoms with Crippen molar-refractivity contribution in [3.63, 3.8) is 0 Å². The number of amides is 1. The maximum atomic E-state index is 12.5. The predicted molar refractivity (Wildman–Crippen MR) is 91.0 cm³/mol. The fraction of sp³-hybridized carbons (Fsp3) is 0.895. The van der Waals surface area contributed by atoms with E-state index in [-0.39, 0.29) is 17.7 Å². The fourth-order valence-electron chi connectivity index (χ4n) is 4.35. The van der Waals surface area contributed by atoms with E-state index >= 15 is 0 Å². The van der Waals surface area contributed by atoms with Gasteiger partial charge in [-0.3, -0.25) is 9.59 Å². The van der Waals surface area contributed by atoms with Crippen molar-refractivity contribution in [2.45, 2.75) is 66.2 Å². The van der Waals surface area contributed by atoms with Gasteiger partial charge in [0.05, 0.1) is 5.92 Å². The van der Waals surface area contributed by atoms with Crippen molar-refractivity contribution in [1.82, 2.24) is 4.90 Å². The highest BCUT2D eigenvalue weighted by molar-refractivity contribution is 5.77. The fourth-order valence-corrected chi connectivity index (χ4v) is 4.35. The standard InChI is InChI=1S/C19H33NO3/c1-13-12-20(10-9-16(13)18(22)23)17(21)11-14-5-7-15(8-6-14)19(2,3)4/h13-16H,5-12H2,1-4H3,(H,22,23). The molecule has 1 heterocycles. The van der Waals surface area contributed by atoms with Gasteiger partial charge in [-0.05, 0) is 55.3 Å². The summed E-state index contributed by atoms with van der Waals surface area (Å²) in [5.41, 5.74) is 0.378. The number of carboxylic acid groups (broad SMARTS) is 1. The Balaban J connectivity index is 1.79. The van der Waals surface area contributed by atoms with Crippen molar-refractivity contribution in [2.24, 2.45) is 29.1 Å². The zero-order valence-corrected chi connectivity index (χ0v) is 15.2. The average Bonchev–Trinajstić information content (AvgIpc) is 2.46. The highest BCUT2D eigenvalue weighted by atomic mass is 16.4. The maximum Gasteiger partial charge on any atom is 0.306 e. The van der Waals surface area contributed by atoms with Gasteiger partial charge >= 0.3 is 5.97 Å². The smallest absolute Gasteiger partial charge is 0.306 e. The summed E-state index contributed by atoms with van der Waals surface area (Å²) in [6.45, 7) is 10.1. The molecule has 4 nitrogen and oxygen atoms in total. The monoisotopic (exact) mass is 323 g/mol. The summed E-state index contributed by atoms with van der Waals surface area (Å²) in [5.74, 6) is 0.585. The van der Waals surface area contributed by atoms with Gasteiger partial charge in [-0.2, -0.15) is 0 Å². The third-order valence-electron chi connectivity index (χ3n) is 6.11. The molecule has 2 unspecified atom stereocenters. The minimum atomic E-state index is -0.717. The first-order chi connectivity index (χ1) is 10.7. The van der Waals surface area contributed by atoms with Crippen LogP contribution in [0.15, 0.2) is 0 Å². The van der Waals surface area contributed by atoms with E-state index in [2.05, 4.69) is 20.8 Å². The van der Waals surface area contributed by atoms with Gasteiger partial charge in [0.15, 0.2) is 0 Å². The number of piperidine rings is 1. The second kappa shape index (κ2) is 7.23. The van der Waals surface area contributed by atoms with Crippen LogP contribution in [-0.4, -0.2) is 35.0 Å². The Morgan fingerprint density at radius 2 is 1.70 bits per heavy atom. The Morgan fingerprint density at radius 3 is 2.17 bits per heavy atom. The molecular formula is C19H33NO3. The SMILES string of the molecule is CC1CN(C(=O)CC2CCC(C(C)(C)C)CC2)CCC1C(=O)O. The van der Waals surface area contributed by atoms with Crippen LogP contribution in [0.3, 0.4) is 0 Å². The molecule has 1 aliphatic heterocycles. The summed E-state index contributed by atoms with van der Waals surface area (Å²) in [5, 5.41) is 9.18. The van der Waals surface area contributed by atoms with Crippen LogP contribution in [0.5, 0.6) is 0 Å². The molecule has 132 valence electrons. The number of nitrogens with zero attached hydrogens (tertiary/aromatic N) is 1. The quantitative estimate of drug-likeness (QED) is 0.859. The molecule has 1 aliphatic carbocycles. The molecule has 2 fully saturated rings. The molecule has 0 radical (unpaired) electrons. The van der Waals surface area contributed by atoms with Gasteiger partial charge in [0.1, 0.15) is 0 Å². The van der Waals surface area contributed by atoms with Gasteiger partial charge < -0.3 is 10.0 Å². The highest BCUT2D eigenvalue weighted by Crippen LogP contribution is 2.40. The minimum absolute atomic E-state index is 0.0572. The number of carbonyl (C=O) groups is 2. The van der Waals surface area contributed by atoms with Gasteiger partial charge in [0, 0.05) is 19.5 Å². The molecule has 0 aromatic rings. The van der Waals surface area contributed by atoms with Crippen LogP contribution in [-0.2, 0) is 9.59 Å². The molecule has 2 atom stereocenters. The van der Waals surface area contributed by atoms with Crippen molar-refractivity contribution < 1.29 is 14.7 Å². The van der Waals surface area contributed by atoms with Crippen molar-refractivity contribution in [3.8, 4) is 0 Å². The molecule has 0 bridgehead atoms. The third kappa shape index (κ3) is 4.71. The summed E-state index contributed by atoms with van der Waals surface area (Å²) in [7, 11) is 0. The second-order valence-electron chi connectivity index (χ2n) is 8.84. The predicted octanol–water partition coefficient (Wildman–Crippen LogP) is 3.80. The Hall–Kier alpha value is -1.06. The molecule has 0 aromatic carbocycles. The first-order valence-electron chi connectivity index (χ1n) is 9.19. The first kappa shape index (κ1) is 18.3. The molecule has 2 aliphatic rings. The van der Waals surface area contributed by atoms with Gasteiger partial charge in [-0.1, -0.05) is 27.7 Å². The largest absolute Gasteiger partial charge is 0.481 e. The van der Waals surface area contributed by atoms with E-state index in [9.17, 15) is 14.7 Å². The summed E-state index contributed by atoms with van der Waals surface area (Å²) in [6, 6.07) is 0. The number of hydrogen-bond acceptors (Lipinski definition) is 2. The maximum absolute atomic E-state index is 12.5. The molecule has 2 rings (SSSR count). The van der Waals surface area contributed by atoms with E-state index in [1.807, 2.05) is 11.8 Å². The first-order valence-corrected chi connectivity index (χ1v) is 9.19. The second-order valence-corrected chi connectivity index (χ2v) is 8.84. The zero-order chi connectivity index (χ0) is 17.2. The van der Waals surface area contributed by atoms with E-state index < -0.39 is 5.97 Å². The Kier molecular flexibility index (Phi) is 5.74. The third-order valence-corrected chi connectivity index (χ3v) is 6.11. The number of carbonyl (C=O) groups excluding carboxylic acids is 1. The van der Waals surface area contributed by atoms with Gasteiger partial charge in [0.2, 0.25) is 5.91 Å². The minimum Gasteiger partial charge on any atom is -0.481 e. The van der Waals surface area contributed by atoms with Crippen molar-refractivity contribution in [3.05, 3.63) is 0 Å². The summed E-state index contributed by atoms with van der Waals surface area (Å²) in [4.78, 5) is 25.6. The summed E-state index contributed by atoms with van der Waals surface area (Å²) < 4.78 is 0. The number of carboxylic acids is 1. The van der Waals surface area contributed by atoms with E-state index in [1.54, 1.807) is 0 Å². The van der Waals surface area contributed by atoms with E-state index in [0.717, 1.165) is 18.8 Å². The lowest BCUT2D eigenvalue weighted by molar-refractivity contribution is -0.148. The van der Waals surface area contributed by atoms with Crippen LogP contribution in [0, 0.1) is 29.1 Å². The van der Waals surface area contributed by atoms with Crippen molar-refractivity contribution >= 4 is 11.9 Å².